The van der Waals surface area contributed by atoms with Crippen LogP contribution in [0.3, 0.4) is 0 Å². The third-order valence-corrected chi connectivity index (χ3v) is 7.01. The molecule has 1 heterocycles. The lowest BCUT2D eigenvalue weighted by Gasteiger charge is -2.26. The summed E-state index contributed by atoms with van der Waals surface area (Å²) < 4.78 is 39.2. The van der Waals surface area contributed by atoms with Crippen LogP contribution < -0.4 is 14.8 Å². The van der Waals surface area contributed by atoms with Crippen LogP contribution in [0.4, 0.5) is 5.69 Å². The number of hydrogen-bond acceptors (Lipinski definition) is 5. The Balaban J connectivity index is 1.72. The SMILES string of the molecule is COc1ccc(NC(=O)COc2ccc(Br)cc2)cc1S(=O)(=O)N1CCCCC1. The smallest absolute Gasteiger partial charge is 0.262 e. The summed E-state index contributed by atoms with van der Waals surface area (Å²) in [6.45, 7) is 0.786. The fraction of sp³-hybridized carbons (Fsp3) is 0.350. The third-order valence-electron chi connectivity index (χ3n) is 4.56. The van der Waals surface area contributed by atoms with Gasteiger partial charge in [-0.3, -0.25) is 4.79 Å². The highest BCUT2D eigenvalue weighted by Gasteiger charge is 2.29. The van der Waals surface area contributed by atoms with Gasteiger partial charge in [-0.15, -0.1) is 0 Å². The fourth-order valence-electron chi connectivity index (χ4n) is 3.08. The van der Waals surface area contributed by atoms with Gasteiger partial charge in [0.15, 0.2) is 6.61 Å². The van der Waals surface area contributed by atoms with Crippen LogP contribution in [-0.2, 0) is 14.8 Å². The first kappa shape index (κ1) is 21.6. The van der Waals surface area contributed by atoms with E-state index < -0.39 is 10.0 Å². The molecular weight excluding hydrogens is 460 g/mol. The fourth-order valence-corrected chi connectivity index (χ4v) is 5.04. The zero-order valence-corrected chi connectivity index (χ0v) is 18.5. The molecule has 1 aliphatic heterocycles. The van der Waals surface area contributed by atoms with Crippen molar-refractivity contribution in [3.05, 3.63) is 46.9 Å². The minimum absolute atomic E-state index is 0.0496. The molecule has 1 amide bonds. The quantitative estimate of drug-likeness (QED) is 0.650. The maximum absolute atomic E-state index is 13.0. The molecule has 0 spiro atoms. The molecule has 2 aromatic rings. The van der Waals surface area contributed by atoms with Crippen LogP contribution in [0.2, 0.25) is 0 Å². The van der Waals surface area contributed by atoms with Gasteiger partial charge < -0.3 is 14.8 Å². The predicted octanol–water partition coefficient (Wildman–Crippen LogP) is 3.65. The van der Waals surface area contributed by atoms with Crippen LogP contribution >= 0.6 is 15.9 Å². The molecular formula is C20H23BrN2O5S. The Labute approximate surface area is 179 Å². The van der Waals surface area contributed by atoms with Gasteiger partial charge in [-0.05, 0) is 55.3 Å². The van der Waals surface area contributed by atoms with Crippen molar-refractivity contribution in [3.8, 4) is 11.5 Å². The van der Waals surface area contributed by atoms with Crippen LogP contribution in [0.25, 0.3) is 0 Å². The first-order valence-electron chi connectivity index (χ1n) is 9.26. The second kappa shape index (κ2) is 9.60. The lowest BCUT2D eigenvalue weighted by Crippen LogP contribution is -2.35. The first-order valence-corrected chi connectivity index (χ1v) is 11.5. The molecule has 9 heteroatoms. The van der Waals surface area contributed by atoms with Gasteiger partial charge in [0.25, 0.3) is 5.91 Å². The van der Waals surface area contributed by atoms with E-state index in [1.165, 1.54) is 17.5 Å². The molecule has 3 rings (SSSR count). The topological polar surface area (TPSA) is 84.9 Å². The summed E-state index contributed by atoms with van der Waals surface area (Å²) in [4.78, 5) is 12.3. The largest absolute Gasteiger partial charge is 0.495 e. The summed E-state index contributed by atoms with van der Waals surface area (Å²) in [5.74, 6) is 0.422. The third kappa shape index (κ3) is 5.49. The van der Waals surface area contributed by atoms with Crippen molar-refractivity contribution < 1.29 is 22.7 Å². The molecule has 0 aliphatic carbocycles. The number of nitrogens with zero attached hydrogens (tertiary/aromatic N) is 1. The average Bonchev–Trinajstić information content (AvgIpc) is 2.74. The van der Waals surface area contributed by atoms with Crippen molar-refractivity contribution >= 4 is 37.5 Å². The van der Waals surface area contributed by atoms with Gasteiger partial charge in [-0.25, -0.2) is 8.42 Å². The predicted molar refractivity (Wildman–Crippen MR) is 114 cm³/mol. The molecule has 1 saturated heterocycles. The number of carbonyl (C=O) groups is 1. The van der Waals surface area contributed by atoms with Crippen molar-refractivity contribution in [3.63, 3.8) is 0 Å². The van der Waals surface area contributed by atoms with Crippen molar-refractivity contribution in [2.24, 2.45) is 0 Å². The van der Waals surface area contributed by atoms with E-state index in [2.05, 4.69) is 21.2 Å². The second-order valence-corrected chi connectivity index (χ2v) is 9.44. The Hall–Kier alpha value is -2.10. The molecule has 1 fully saturated rings. The lowest BCUT2D eigenvalue weighted by molar-refractivity contribution is -0.118. The van der Waals surface area contributed by atoms with Crippen molar-refractivity contribution in [2.75, 3.05) is 32.1 Å². The number of nitrogens with one attached hydrogen (secondary N) is 1. The molecule has 2 aromatic carbocycles. The van der Waals surface area contributed by atoms with E-state index >= 15 is 0 Å². The van der Waals surface area contributed by atoms with Gasteiger partial charge in [0.1, 0.15) is 16.4 Å². The summed E-state index contributed by atoms with van der Waals surface area (Å²) in [6.07, 6.45) is 2.70. The number of rotatable bonds is 7. The Morgan fingerprint density at radius 2 is 1.79 bits per heavy atom. The number of methoxy groups -OCH3 is 1. The Morgan fingerprint density at radius 1 is 1.10 bits per heavy atom. The molecule has 0 unspecified atom stereocenters. The molecule has 0 atom stereocenters. The van der Waals surface area contributed by atoms with Gasteiger partial charge >= 0.3 is 0 Å². The van der Waals surface area contributed by atoms with Gasteiger partial charge in [0.2, 0.25) is 10.0 Å². The number of anilines is 1. The number of amides is 1. The van der Waals surface area contributed by atoms with E-state index in [0.717, 1.165) is 23.7 Å². The van der Waals surface area contributed by atoms with Crippen LogP contribution in [0, 0.1) is 0 Å². The maximum Gasteiger partial charge on any atom is 0.262 e. The first-order chi connectivity index (χ1) is 13.9. The van der Waals surface area contributed by atoms with Gasteiger partial charge in [-0.2, -0.15) is 4.31 Å². The number of sulfonamides is 1. The zero-order chi connectivity index (χ0) is 20.9. The summed E-state index contributed by atoms with van der Waals surface area (Å²) in [5, 5.41) is 2.68. The summed E-state index contributed by atoms with van der Waals surface area (Å²) in [5.41, 5.74) is 0.366. The maximum atomic E-state index is 13.0. The molecule has 1 N–H and O–H groups in total. The van der Waals surface area contributed by atoms with E-state index in [0.29, 0.717) is 24.5 Å². The van der Waals surface area contributed by atoms with Gasteiger partial charge in [0.05, 0.1) is 7.11 Å². The highest BCUT2D eigenvalue weighted by atomic mass is 79.9. The summed E-state index contributed by atoms with van der Waals surface area (Å²) in [6, 6.07) is 11.7. The van der Waals surface area contributed by atoms with Crippen molar-refractivity contribution in [1.82, 2.24) is 4.31 Å². The van der Waals surface area contributed by atoms with Crippen molar-refractivity contribution in [1.29, 1.82) is 0 Å². The highest BCUT2D eigenvalue weighted by molar-refractivity contribution is 9.10. The number of benzene rings is 2. The Kier molecular flexibility index (Phi) is 7.15. The van der Waals surface area contributed by atoms with Gasteiger partial charge in [-0.1, -0.05) is 22.4 Å². The van der Waals surface area contributed by atoms with E-state index in [4.69, 9.17) is 9.47 Å². The number of halogens is 1. The van der Waals surface area contributed by atoms with Crippen LogP contribution in [0.1, 0.15) is 19.3 Å². The minimum Gasteiger partial charge on any atom is -0.495 e. The monoisotopic (exact) mass is 482 g/mol. The number of hydrogen-bond donors (Lipinski definition) is 1. The molecule has 156 valence electrons. The van der Waals surface area contributed by atoms with E-state index in [1.807, 2.05) is 12.1 Å². The highest BCUT2D eigenvalue weighted by Crippen LogP contribution is 2.31. The molecule has 7 nitrogen and oxygen atoms in total. The molecule has 0 aromatic heterocycles. The molecule has 1 aliphatic rings. The molecule has 0 bridgehead atoms. The summed E-state index contributed by atoms with van der Waals surface area (Å²) in [7, 11) is -2.28. The average molecular weight is 483 g/mol. The van der Waals surface area contributed by atoms with Gasteiger partial charge in [0, 0.05) is 23.2 Å². The van der Waals surface area contributed by atoms with Crippen LogP contribution in [0.5, 0.6) is 11.5 Å². The molecule has 29 heavy (non-hydrogen) atoms. The molecule has 0 saturated carbocycles. The Morgan fingerprint density at radius 3 is 2.45 bits per heavy atom. The number of piperidine rings is 1. The standard InChI is InChI=1S/C20H23BrN2O5S/c1-27-18-10-7-16(13-19(18)29(25,26)23-11-3-2-4-12-23)22-20(24)14-28-17-8-5-15(21)6-9-17/h5-10,13H,2-4,11-12,14H2,1H3,(H,22,24). The Bertz CT molecular complexity index is 957. The van der Waals surface area contributed by atoms with Crippen LogP contribution in [-0.4, -0.2) is 45.4 Å². The zero-order valence-electron chi connectivity index (χ0n) is 16.1. The van der Waals surface area contributed by atoms with E-state index in [9.17, 15) is 13.2 Å². The second-order valence-electron chi connectivity index (χ2n) is 6.62. The van der Waals surface area contributed by atoms with Crippen molar-refractivity contribution in [2.45, 2.75) is 24.2 Å². The number of ether oxygens (including phenoxy) is 2. The van der Waals surface area contributed by atoms with E-state index in [-0.39, 0.29) is 23.2 Å². The summed E-state index contributed by atoms with van der Waals surface area (Å²) >= 11 is 3.34. The minimum atomic E-state index is -3.70. The lowest BCUT2D eigenvalue weighted by atomic mass is 10.2. The molecule has 0 radical (unpaired) electrons. The normalized spacial score (nSPS) is 15.0. The van der Waals surface area contributed by atoms with Crippen LogP contribution in [0.15, 0.2) is 51.8 Å². The number of carbonyl (C=O) groups excluding carboxylic acids is 1. The van der Waals surface area contributed by atoms with E-state index in [1.54, 1.807) is 24.3 Å².